The minimum absolute atomic E-state index is 0.256. The van der Waals surface area contributed by atoms with Crippen LogP contribution in [0.1, 0.15) is 40.5 Å². The number of likely N-dealkylation sites (N-methyl/N-ethyl adjacent to an activating group) is 1. The van der Waals surface area contributed by atoms with E-state index in [9.17, 15) is 4.39 Å². The molecule has 0 aromatic heterocycles. The summed E-state index contributed by atoms with van der Waals surface area (Å²) in [5.74, 6) is 0.105. The Labute approximate surface area is 105 Å². The topological polar surface area (TPSA) is 12.5 Å². The number of rotatable bonds is 9. The van der Waals surface area contributed by atoms with Crippen LogP contribution < -0.4 is 0 Å². The number of halogens is 1. The van der Waals surface area contributed by atoms with E-state index in [1.54, 1.807) is 19.1 Å². The lowest BCUT2D eigenvalue weighted by molar-refractivity contribution is 0.158. The molecule has 0 bridgehead atoms. The van der Waals surface area contributed by atoms with Crippen LogP contribution in [0.5, 0.6) is 0 Å². The zero-order valence-electron chi connectivity index (χ0n) is 11.6. The maximum Gasteiger partial charge on any atom is 0.160 e. The summed E-state index contributed by atoms with van der Waals surface area (Å²) in [5.41, 5.74) is 0. The van der Waals surface area contributed by atoms with Crippen molar-refractivity contribution in [3.8, 4) is 0 Å². The van der Waals surface area contributed by atoms with Gasteiger partial charge in [-0.15, -0.1) is 0 Å². The van der Waals surface area contributed by atoms with Gasteiger partial charge >= 0.3 is 0 Å². The third-order valence-electron chi connectivity index (χ3n) is 2.53. The second-order valence-electron chi connectivity index (χ2n) is 3.90. The lowest BCUT2D eigenvalue weighted by Crippen LogP contribution is -2.28. The highest BCUT2D eigenvalue weighted by atomic mass is 19.1. The van der Waals surface area contributed by atoms with Crippen molar-refractivity contribution in [3.63, 3.8) is 0 Å². The highest BCUT2D eigenvalue weighted by Gasteiger charge is 2.05. The molecule has 2 nitrogen and oxygen atoms in total. The fourth-order valence-electron chi connectivity index (χ4n) is 1.60. The Morgan fingerprint density at radius 3 is 2.41 bits per heavy atom. The largest absolute Gasteiger partial charge is 0.490 e. The van der Waals surface area contributed by atoms with Gasteiger partial charge in [0.1, 0.15) is 12.4 Å². The molecule has 0 spiro atoms. The SMILES string of the molecule is C/C=C(OCCN(CC)CCC)\C(F)=C/CC. The van der Waals surface area contributed by atoms with Crippen LogP contribution in [0.15, 0.2) is 23.7 Å². The predicted molar refractivity (Wildman–Crippen MR) is 71.6 cm³/mol. The van der Waals surface area contributed by atoms with Gasteiger partial charge in [0, 0.05) is 6.54 Å². The summed E-state index contributed by atoms with van der Waals surface area (Å²) < 4.78 is 18.9. The highest BCUT2D eigenvalue weighted by molar-refractivity contribution is 5.18. The fraction of sp³-hybridized carbons (Fsp3) is 0.714. The van der Waals surface area contributed by atoms with Gasteiger partial charge in [-0.1, -0.05) is 20.8 Å². The number of hydrogen-bond acceptors (Lipinski definition) is 2. The molecular weight excluding hydrogens is 217 g/mol. The Hall–Kier alpha value is -0.830. The first kappa shape index (κ1) is 16.2. The van der Waals surface area contributed by atoms with Crippen LogP contribution in [0.25, 0.3) is 0 Å². The van der Waals surface area contributed by atoms with Crippen LogP contribution in [0.2, 0.25) is 0 Å². The van der Waals surface area contributed by atoms with E-state index in [4.69, 9.17) is 4.74 Å². The van der Waals surface area contributed by atoms with Gasteiger partial charge in [0.05, 0.1) is 0 Å². The molecule has 0 saturated carbocycles. The smallest absolute Gasteiger partial charge is 0.160 e. The molecule has 0 aliphatic carbocycles. The van der Waals surface area contributed by atoms with Crippen LogP contribution >= 0.6 is 0 Å². The Kier molecular flexibility index (Phi) is 9.83. The molecule has 0 heterocycles. The molecule has 0 atom stereocenters. The average Bonchev–Trinajstić information content (AvgIpc) is 2.33. The van der Waals surface area contributed by atoms with Crippen molar-refractivity contribution in [2.75, 3.05) is 26.2 Å². The van der Waals surface area contributed by atoms with E-state index < -0.39 is 0 Å². The lowest BCUT2D eigenvalue weighted by atomic mass is 10.3. The summed E-state index contributed by atoms with van der Waals surface area (Å²) in [7, 11) is 0. The van der Waals surface area contributed by atoms with Crippen molar-refractivity contribution in [1.29, 1.82) is 0 Å². The maximum absolute atomic E-state index is 13.5. The molecule has 0 N–H and O–H groups in total. The summed E-state index contributed by atoms with van der Waals surface area (Å²) in [4.78, 5) is 2.30. The van der Waals surface area contributed by atoms with E-state index in [1.165, 1.54) is 0 Å². The third kappa shape index (κ3) is 7.16. The first-order valence-electron chi connectivity index (χ1n) is 6.56. The van der Waals surface area contributed by atoms with Gasteiger partial charge in [-0.25, -0.2) is 4.39 Å². The van der Waals surface area contributed by atoms with Crippen molar-refractivity contribution in [2.45, 2.75) is 40.5 Å². The molecule has 0 aromatic rings. The van der Waals surface area contributed by atoms with Crippen molar-refractivity contribution in [1.82, 2.24) is 4.90 Å². The Bertz CT molecular complexity index is 249. The van der Waals surface area contributed by atoms with Gasteiger partial charge in [0.15, 0.2) is 5.83 Å². The zero-order chi connectivity index (χ0) is 13.1. The summed E-state index contributed by atoms with van der Waals surface area (Å²) in [6.45, 7) is 11.5. The number of hydrogen-bond donors (Lipinski definition) is 0. The van der Waals surface area contributed by atoms with Crippen LogP contribution in [-0.2, 0) is 4.74 Å². The van der Waals surface area contributed by atoms with Crippen molar-refractivity contribution in [2.24, 2.45) is 0 Å². The molecule has 0 rings (SSSR count). The fourth-order valence-corrected chi connectivity index (χ4v) is 1.60. The normalized spacial score (nSPS) is 13.3. The van der Waals surface area contributed by atoms with E-state index >= 15 is 0 Å². The summed E-state index contributed by atoms with van der Waals surface area (Å²) >= 11 is 0. The van der Waals surface area contributed by atoms with E-state index in [-0.39, 0.29) is 5.83 Å². The Morgan fingerprint density at radius 1 is 1.24 bits per heavy atom. The van der Waals surface area contributed by atoms with Crippen LogP contribution in [0, 0.1) is 0 Å². The van der Waals surface area contributed by atoms with E-state index in [0.717, 1.165) is 26.1 Å². The Balaban J connectivity index is 4.04. The van der Waals surface area contributed by atoms with Crippen LogP contribution in [-0.4, -0.2) is 31.1 Å². The van der Waals surface area contributed by atoms with Crippen molar-refractivity contribution >= 4 is 0 Å². The lowest BCUT2D eigenvalue weighted by Gasteiger charge is -2.19. The first-order valence-corrected chi connectivity index (χ1v) is 6.56. The number of ether oxygens (including phenoxy) is 1. The van der Waals surface area contributed by atoms with Gasteiger partial charge < -0.3 is 9.64 Å². The highest BCUT2D eigenvalue weighted by Crippen LogP contribution is 2.13. The molecule has 0 unspecified atom stereocenters. The quantitative estimate of drug-likeness (QED) is 0.450. The molecule has 0 saturated heterocycles. The molecule has 0 aromatic carbocycles. The molecule has 0 aliphatic heterocycles. The summed E-state index contributed by atoms with van der Waals surface area (Å²) in [6, 6.07) is 0. The minimum atomic E-state index is -0.256. The molecule has 0 aliphatic rings. The van der Waals surface area contributed by atoms with Crippen molar-refractivity contribution in [3.05, 3.63) is 23.7 Å². The summed E-state index contributed by atoms with van der Waals surface area (Å²) in [6.07, 6.45) is 5.04. The second-order valence-corrected chi connectivity index (χ2v) is 3.90. The van der Waals surface area contributed by atoms with E-state index in [2.05, 4.69) is 18.7 Å². The van der Waals surface area contributed by atoms with Gasteiger partial charge in [0.25, 0.3) is 0 Å². The van der Waals surface area contributed by atoms with Gasteiger partial charge in [-0.05, 0) is 45.0 Å². The van der Waals surface area contributed by atoms with Gasteiger partial charge in [-0.3, -0.25) is 0 Å². The summed E-state index contributed by atoms with van der Waals surface area (Å²) in [5, 5.41) is 0. The molecule has 0 amide bonds. The minimum Gasteiger partial charge on any atom is -0.490 e. The molecule has 0 radical (unpaired) electrons. The van der Waals surface area contributed by atoms with Crippen molar-refractivity contribution < 1.29 is 9.13 Å². The molecular formula is C14H26FNO. The van der Waals surface area contributed by atoms with Gasteiger partial charge in [0.2, 0.25) is 0 Å². The van der Waals surface area contributed by atoms with E-state index in [0.29, 0.717) is 18.8 Å². The molecule has 100 valence electrons. The van der Waals surface area contributed by atoms with E-state index in [1.807, 2.05) is 6.92 Å². The molecule has 3 heteroatoms. The monoisotopic (exact) mass is 243 g/mol. The third-order valence-corrected chi connectivity index (χ3v) is 2.53. The second kappa shape index (κ2) is 10.3. The van der Waals surface area contributed by atoms with Gasteiger partial charge in [-0.2, -0.15) is 0 Å². The average molecular weight is 243 g/mol. The standard InChI is InChI=1S/C14H26FNO/c1-5-9-13(15)14(7-3)17-12-11-16(8-4)10-6-2/h7,9H,5-6,8,10-12H2,1-4H3/b13-9+,14-7+. The predicted octanol–water partition coefficient (Wildman–Crippen LogP) is 3.90. The van der Waals surface area contributed by atoms with Crippen LogP contribution in [0.3, 0.4) is 0 Å². The Morgan fingerprint density at radius 2 is 1.94 bits per heavy atom. The number of allylic oxidation sites excluding steroid dienone is 3. The first-order chi connectivity index (χ1) is 8.19. The maximum atomic E-state index is 13.5. The molecule has 17 heavy (non-hydrogen) atoms. The van der Waals surface area contributed by atoms with Crippen LogP contribution in [0.4, 0.5) is 4.39 Å². The zero-order valence-corrected chi connectivity index (χ0v) is 11.6. The molecule has 0 fully saturated rings. The number of nitrogens with zero attached hydrogens (tertiary/aromatic N) is 1.